The van der Waals surface area contributed by atoms with Crippen LogP contribution in [0, 0.1) is 6.92 Å². The average molecular weight is 539 g/mol. The van der Waals surface area contributed by atoms with Gasteiger partial charge in [0.25, 0.3) is 0 Å². The molecular weight excluding hydrogens is 492 g/mol. The SMILES string of the molecule is CCCCN(C(CN1CC(c2ccc3c(c2)CCO3)CC1CCc1ncc(C)[nH]1)=C1CC1)c1cccc(CC)c1. The number of allylic oxidation sites excluding steroid dienone is 1. The number of rotatable bonds is 12. The van der Waals surface area contributed by atoms with Crippen molar-refractivity contribution in [3.63, 3.8) is 0 Å². The number of unbranched alkanes of at least 4 members (excludes halogenated alkanes) is 1. The molecule has 1 saturated carbocycles. The van der Waals surface area contributed by atoms with Crippen molar-refractivity contribution < 1.29 is 4.74 Å². The van der Waals surface area contributed by atoms with E-state index in [0.717, 1.165) is 69.2 Å². The highest BCUT2D eigenvalue weighted by Crippen LogP contribution is 2.40. The quantitative estimate of drug-likeness (QED) is 0.262. The van der Waals surface area contributed by atoms with E-state index in [0.29, 0.717) is 12.0 Å². The van der Waals surface area contributed by atoms with Gasteiger partial charge in [-0.15, -0.1) is 0 Å². The number of imidazole rings is 1. The minimum atomic E-state index is 0.546. The van der Waals surface area contributed by atoms with Crippen LogP contribution in [-0.2, 0) is 19.3 Å². The van der Waals surface area contributed by atoms with Crippen molar-refractivity contribution in [1.29, 1.82) is 0 Å². The molecule has 0 radical (unpaired) electrons. The second kappa shape index (κ2) is 12.2. The Morgan fingerprint density at radius 3 is 2.80 bits per heavy atom. The van der Waals surface area contributed by atoms with E-state index < -0.39 is 0 Å². The highest BCUT2D eigenvalue weighted by molar-refractivity contribution is 5.56. The van der Waals surface area contributed by atoms with Crippen molar-refractivity contribution in [2.45, 2.75) is 90.5 Å². The van der Waals surface area contributed by atoms with Crippen molar-refractivity contribution in [2.24, 2.45) is 0 Å². The lowest BCUT2D eigenvalue weighted by atomic mass is 9.93. The van der Waals surface area contributed by atoms with Crippen LogP contribution in [0.15, 0.2) is 59.9 Å². The molecule has 3 aromatic rings. The number of fused-ring (bicyclic) bond motifs is 1. The van der Waals surface area contributed by atoms with Crippen molar-refractivity contribution in [1.82, 2.24) is 14.9 Å². The molecule has 2 aromatic carbocycles. The maximum atomic E-state index is 5.82. The molecule has 2 unspecified atom stereocenters. The molecule has 2 atom stereocenters. The molecule has 5 nitrogen and oxygen atoms in total. The minimum Gasteiger partial charge on any atom is -0.493 e. The summed E-state index contributed by atoms with van der Waals surface area (Å²) in [4.78, 5) is 13.6. The van der Waals surface area contributed by atoms with Crippen LogP contribution in [-0.4, -0.2) is 47.2 Å². The molecule has 212 valence electrons. The molecule has 0 spiro atoms. The van der Waals surface area contributed by atoms with Crippen LogP contribution in [0.25, 0.3) is 0 Å². The third-order valence-corrected chi connectivity index (χ3v) is 9.14. The van der Waals surface area contributed by atoms with Crippen molar-refractivity contribution in [3.05, 3.63) is 88.1 Å². The smallest absolute Gasteiger partial charge is 0.122 e. The number of benzene rings is 2. The molecule has 5 heteroatoms. The summed E-state index contributed by atoms with van der Waals surface area (Å²) < 4.78 is 5.82. The van der Waals surface area contributed by atoms with Crippen molar-refractivity contribution >= 4 is 5.69 Å². The molecule has 3 heterocycles. The molecular formula is C35H46N4O. The van der Waals surface area contributed by atoms with Gasteiger partial charge in [0.15, 0.2) is 0 Å². The first-order chi connectivity index (χ1) is 19.6. The zero-order valence-corrected chi connectivity index (χ0v) is 24.7. The summed E-state index contributed by atoms with van der Waals surface area (Å²) in [6, 6.07) is 16.8. The van der Waals surface area contributed by atoms with Gasteiger partial charge in [0, 0.05) is 61.8 Å². The normalized spacial score (nSPS) is 20.0. The summed E-state index contributed by atoms with van der Waals surface area (Å²) in [5, 5.41) is 0. The summed E-state index contributed by atoms with van der Waals surface area (Å²) >= 11 is 0. The lowest BCUT2D eigenvalue weighted by Gasteiger charge is -2.33. The van der Waals surface area contributed by atoms with Gasteiger partial charge in [-0.2, -0.15) is 0 Å². The molecule has 3 aliphatic rings. The van der Waals surface area contributed by atoms with E-state index in [9.17, 15) is 0 Å². The largest absolute Gasteiger partial charge is 0.493 e. The topological polar surface area (TPSA) is 44.4 Å². The fraction of sp³-hybridized carbons (Fsp3) is 0.514. The van der Waals surface area contributed by atoms with Gasteiger partial charge in [0.1, 0.15) is 11.6 Å². The number of nitrogens with zero attached hydrogens (tertiary/aromatic N) is 3. The molecule has 1 aliphatic carbocycles. The maximum absolute atomic E-state index is 5.82. The summed E-state index contributed by atoms with van der Waals surface area (Å²) in [5.41, 5.74) is 10.1. The molecule has 2 fully saturated rings. The molecule has 0 amide bonds. The van der Waals surface area contributed by atoms with Crippen molar-refractivity contribution in [3.8, 4) is 5.75 Å². The van der Waals surface area contributed by atoms with Crippen LogP contribution in [0.3, 0.4) is 0 Å². The number of H-pyrrole nitrogens is 1. The number of hydrogen-bond donors (Lipinski definition) is 1. The Bertz CT molecular complexity index is 1330. The predicted octanol–water partition coefficient (Wildman–Crippen LogP) is 7.36. The first-order valence-electron chi connectivity index (χ1n) is 15.7. The maximum Gasteiger partial charge on any atom is 0.122 e. The Morgan fingerprint density at radius 2 is 2.02 bits per heavy atom. The third kappa shape index (κ3) is 6.15. The number of aromatic amines is 1. The molecule has 1 saturated heterocycles. The fourth-order valence-electron chi connectivity index (χ4n) is 6.69. The van der Waals surface area contributed by atoms with Gasteiger partial charge in [-0.1, -0.05) is 44.5 Å². The highest BCUT2D eigenvalue weighted by Gasteiger charge is 2.36. The standard InChI is InChI=1S/C35H46N4O/c1-4-6-17-39(32-9-7-8-26(5-2)19-32)33(27-10-11-27)24-38-23-30(28-12-14-34-29(20-28)16-18-40-34)21-31(38)13-15-35-36-22-25(3)37-35/h7-9,12,14,19-20,22,30-31H,4-6,10-11,13,15-18,21,23-24H2,1-3H3,(H,36,37). The Hall–Kier alpha value is -3.05. The molecule has 1 N–H and O–H groups in total. The Balaban J connectivity index is 1.26. The van der Waals surface area contributed by atoms with Gasteiger partial charge >= 0.3 is 0 Å². The number of likely N-dealkylation sites (tertiary alicyclic amines) is 1. The number of ether oxygens (including phenoxy) is 1. The van der Waals surface area contributed by atoms with E-state index in [1.807, 2.05) is 6.20 Å². The number of aromatic nitrogens is 2. The Kier molecular flexibility index (Phi) is 8.29. The summed E-state index contributed by atoms with van der Waals surface area (Å²) in [6.45, 7) is 10.8. The van der Waals surface area contributed by atoms with Crippen molar-refractivity contribution in [2.75, 3.05) is 31.1 Å². The highest BCUT2D eigenvalue weighted by atomic mass is 16.5. The van der Waals surface area contributed by atoms with Crippen LogP contribution in [0.4, 0.5) is 5.69 Å². The van der Waals surface area contributed by atoms with Gasteiger partial charge in [0.2, 0.25) is 0 Å². The van der Waals surface area contributed by atoms with Crippen LogP contribution < -0.4 is 9.64 Å². The second-order valence-corrected chi connectivity index (χ2v) is 12.1. The fourth-order valence-corrected chi connectivity index (χ4v) is 6.69. The summed E-state index contributed by atoms with van der Waals surface area (Å²) in [5.74, 6) is 2.77. The summed E-state index contributed by atoms with van der Waals surface area (Å²) in [7, 11) is 0. The van der Waals surface area contributed by atoms with Gasteiger partial charge in [-0.05, 0) is 91.8 Å². The van der Waals surface area contributed by atoms with Gasteiger partial charge < -0.3 is 14.6 Å². The third-order valence-electron chi connectivity index (χ3n) is 9.14. The average Bonchev–Trinajstić information content (AvgIpc) is 3.35. The van der Waals surface area contributed by atoms with Gasteiger partial charge in [-0.25, -0.2) is 4.98 Å². The monoisotopic (exact) mass is 538 g/mol. The van der Waals surface area contributed by atoms with Crippen LogP contribution >= 0.6 is 0 Å². The predicted molar refractivity (Wildman–Crippen MR) is 164 cm³/mol. The van der Waals surface area contributed by atoms with E-state index in [1.54, 1.807) is 11.3 Å². The Labute approximate surface area is 240 Å². The minimum absolute atomic E-state index is 0.546. The molecule has 40 heavy (non-hydrogen) atoms. The van der Waals surface area contributed by atoms with Gasteiger partial charge in [0.05, 0.1) is 6.61 Å². The lowest BCUT2D eigenvalue weighted by Crippen LogP contribution is -2.37. The van der Waals surface area contributed by atoms with E-state index in [2.05, 4.69) is 83.0 Å². The first kappa shape index (κ1) is 27.1. The zero-order valence-electron chi connectivity index (χ0n) is 24.7. The Morgan fingerprint density at radius 1 is 1.12 bits per heavy atom. The van der Waals surface area contributed by atoms with E-state index >= 15 is 0 Å². The zero-order chi connectivity index (χ0) is 27.5. The number of hydrogen-bond acceptors (Lipinski definition) is 4. The summed E-state index contributed by atoms with van der Waals surface area (Å²) in [6.07, 6.45) is 12.4. The molecule has 2 aliphatic heterocycles. The number of nitrogens with one attached hydrogen (secondary N) is 1. The molecule has 6 rings (SSSR count). The second-order valence-electron chi connectivity index (χ2n) is 12.1. The van der Waals surface area contributed by atoms with Crippen LogP contribution in [0.1, 0.15) is 86.5 Å². The number of anilines is 1. The molecule has 0 bridgehead atoms. The first-order valence-corrected chi connectivity index (χ1v) is 15.7. The van der Waals surface area contributed by atoms with E-state index in [1.165, 1.54) is 54.5 Å². The van der Waals surface area contributed by atoms with Crippen LogP contribution in [0.2, 0.25) is 0 Å². The van der Waals surface area contributed by atoms with E-state index in [4.69, 9.17) is 4.74 Å². The lowest BCUT2D eigenvalue weighted by molar-refractivity contribution is 0.259. The van der Waals surface area contributed by atoms with Gasteiger partial charge in [-0.3, -0.25) is 4.90 Å². The van der Waals surface area contributed by atoms with Crippen LogP contribution in [0.5, 0.6) is 5.75 Å². The van der Waals surface area contributed by atoms with E-state index in [-0.39, 0.29) is 0 Å². The molecule has 1 aromatic heterocycles. The number of aryl methyl sites for hydroxylation is 3.